The molecular formula is C10H7BF6O4S. The molecule has 12 heteroatoms. The van der Waals surface area contributed by atoms with Gasteiger partial charge in [-0.3, -0.25) is 4.55 Å². The minimum Gasteiger partial charge on any atom is -0.454 e. The standard InChI is InChI=1S/C10H7BF6O4S/c11-5-6-1-3-7(4-2-6)21-8(9(12,13)14,10(15,16)17)22(18,19)20/h1-4H,5H2,(H,18,19,20). The van der Waals surface area contributed by atoms with E-state index in [1.807, 2.05) is 0 Å². The first-order valence-electron chi connectivity index (χ1n) is 5.35. The molecule has 0 aliphatic heterocycles. The van der Waals surface area contributed by atoms with Crippen molar-refractivity contribution in [2.45, 2.75) is 23.6 Å². The summed E-state index contributed by atoms with van der Waals surface area (Å²) in [6.45, 7) is 0. The fraction of sp³-hybridized carbons (Fsp3) is 0.400. The summed E-state index contributed by atoms with van der Waals surface area (Å²) in [6.07, 6.45) is -13.0. The number of halogens is 6. The van der Waals surface area contributed by atoms with E-state index in [0.29, 0.717) is 17.7 Å². The molecule has 0 aromatic heterocycles. The third-order valence-corrected chi connectivity index (χ3v) is 3.80. The second-order valence-electron chi connectivity index (χ2n) is 4.04. The maximum Gasteiger partial charge on any atom is 0.456 e. The van der Waals surface area contributed by atoms with E-state index in [4.69, 9.17) is 12.4 Å². The van der Waals surface area contributed by atoms with Crippen LogP contribution in [-0.4, -0.2) is 38.1 Å². The number of benzene rings is 1. The van der Waals surface area contributed by atoms with Gasteiger partial charge in [-0.1, -0.05) is 24.0 Å². The highest BCUT2D eigenvalue weighted by Gasteiger charge is 2.82. The normalized spacial score (nSPS) is 14.0. The van der Waals surface area contributed by atoms with Crippen LogP contribution in [0.1, 0.15) is 5.56 Å². The van der Waals surface area contributed by atoms with Gasteiger partial charge < -0.3 is 4.74 Å². The van der Waals surface area contributed by atoms with E-state index in [1.54, 1.807) is 0 Å². The Hall–Kier alpha value is -1.43. The van der Waals surface area contributed by atoms with Gasteiger partial charge >= 0.3 is 27.4 Å². The summed E-state index contributed by atoms with van der Waals surface area (Å²) in [5.74, 6) is -1.07. The van der Waals surface area contributed by atoms with Gasteiger partial charge in [-0.05, 0) is 12.1 Å². The molecule has 0 atom stereocenters. The third kappa shape index (κ3) is 3.17. The highest BCUT2D eigenvalue weighted by molar-refractivity contribution is 7.87. The molecule has 0 heterocycles. The topological polar surface area (TPSA) is 63.6 Å². The van der Waals surface area contributed by atoms with Gasteiger partial charge in [0, 0.05) is 0 Å². The zero-order valence-electron chi connectivity index (χ0n) is 10.4. The van der Waals surface area contributed by atoms with Crippen molar-refractivity contribution in [3.8, 4) is 5.75 Å². The first-order valence-corrected chi connectivity index (χ1v) is 6.79. The Morgan fingerprint density at radius 3 is 1.68 bits per heavy atom. The van der Waals surface area contributed by atoms with Gasteiger partial charge in [0.1, 0.15) is 5.75 Å². The monoisotopic (exact) mass is 348 g/mol. The summed E-state index contributed by atoms with van der Waals surface area (Å²) in [7, 11) is -1.55. The minimum absolute atomic E-state index is 0.0533. The average molecular weight is 348 g/mol. The van der Waals surface area contributed by atoms with Crippen molar-refractivity contribution in [3.05, 3.63) is 29.8 Å². The van der Waals surface area contributed by atoms with Crippen molar-refractivity contribution >= 4 is 18.0 Å². The predicted molar refractivity (Wildman–Crippen MR) is 62.9 cm³/mol. The van der Waals surface area contributed by atoms with Crippen LogP contribution in [0.5, 0.6) is 5.75 Å². The molecule has 4 nitrogen and oxygen atoms in total. The molecule has 0 saturated carbocycles. The van der Waals surface area contributed by atoms with Gasteiger partial charge in [0.25, 0.3) is 0 Å². The summed E-state index contributed by atoms with van der Waals surface area (Å²) in [4.78, 5) is -5.79. The van der Waals surface area contributed by atoms with Gasteiger partial charge in [-0.15, -0.1) is 0 Å². The average Bonchev–Trinajstić information content (AvgIpc) is 2.32. The lowest BCUT2D eigenvalue weighted by atomic mass is 9.97. The number of ether oxygens (including phenoxy) is 1. The fourth-order valence-corrected chi connectivity index (χ4v) is 2.27. The van der Waals surface area contributed by atoms with Crippen LogP contribution in [0.3, 0.4) is 0 Å². The highest BCUT2D eigenvalue weighted by atomic mass is 32.2. The molecule has 22 heavy (non-hydrogen) atoms. The van der Waals surface area contributed by atoms with Crippen LogP contribution in [0.15, 0.2) is 24.3 Å². The molecule has 2 radical (unpaired) electrons. The highest BCUT2D eigenvalue weighted by Crippen LogP contribution is 2.49. The van der Waals surface area contributed by atoms with Crippen molar-refractivity contribution in [2.24, 2.45) is 0 Å². The van der Waals surface area contributed by atoms with Gasteiger partial charge in [0.2, 0.25) is 0 Å². The molecule has 0 aliphatic rings. The van der Waals surface area contributed by atoms with Crippen molar-refractivity contribution in [3.63, 3.8) is 0 Å². The molecule has 0 amide bonds. The summed E-state index contributed by atoms with van der Waals surface area (Å²) >= 11 is 0. The Labute approximate surface area is 122 Å². The van der Waals surface area contributed by atoms with Crippen LogP contribution in [0.2, 0.25) is 0 Å². The molecule has 1 aromatic rings. The maximum atomic E-state index is 12.8. The third-order valence-electron chi connectivity index (χ3n) is 2.53. The number of hydrogen-bond acceptors (Lipinski definition) is 3. The van der Waals surface area contributed by atoms with Gasteiger partial charge in [-0.25, -0.2) is 0 Å². The van der Waals surface area contributed by atoms with E-state index in [1.165, 1.54) is 0 Å². The summed E-state index contributed by atoms with van der Waals surface area (Å²) in [5, 5.41) is 0. The first kappa shape index (κ1) is 18.6. The molecular weight excluding hydrogens is 341 g/mol. The van der Waals surface area contributed by atoms with E-state index >= 15 is 0 Å². The second-order valence-corrected chi connectivity index (χ2v) is 5.56. The summed E-state index contributed by atoms with van der Waals surface area (Å²) in [6, 6.07) is 3.41. The Bertz CT molecular complexity index is 608. The molecule has 1 rings (SSSR count). The lowest BCUT2D eigenvalue weighted by molar-refractivity contribution is -0.322. The quantitative estimate of drug-likeness (QED) is 0.516. The van der Waals surface area contributed by atoms with E-state index < -0.39 is 33.2 Å². The smallest absolute Gasteiger partial charge is 0.454 e. The number of alkyl halides is 6. The number of hydrogen-bond donors (Lipinski definition) is 1. The van der Waals surface area contributed by atoms with E-state index in [-0.39, 0.29) is 6.32 Å². The SMILES string of the molecule is [B]Cc1ccc(OC(C(F)(F)F)(C(F)(F)F)S(=O)(=O)O)cc1. The predicted octanol–water partition coefficient (Wildman–Crippen LogP) is 2.44. The van der Waals surface area contributed by atoms with E-state index in [9.17, 15) is 34.8 Å². The molecule has 1 N–H and O–H groups in total. The maximum absolute atomic E-state index is 12.8. The Morgan fingerprint density at radius 2 is 1.41 bits per heavy atom. The molecule has 0 unspecified atom stereocenters. The van der Waals surface area contributed by atoms with Crippen molar-refractivity contribution in [2.75, 3.05) is 0 Å². The van der Waals surface area contributed by atoms with Crippen molar-refractivity contribution in [1.82, 2.24) is 0 Å². The molecule has 0 bridgehead atoms. The number of rotatable bonds is 4. The van der Waals surface area contributed by atoms with Gasteiger partial charge in [-0.2, -0.15) is 34.8 Å². The van der Waals surface area contributed by atoms with Crippen LogP contribution in [0.4, 0.5) is 26.3 Å². The van der Waals surface area contributed by atoms with Gasteiger partial charge in [0.15, 0.2) is 0 Å². The van der Waals surface area contributed by atoms with E-state index in [2.05, 4.69) is 4.74 Å². The van der Waals surface area contributed by atoms with Crippen LogP contribution in [-0.2, 0) is 16.4 Å². The summed E-state index contributed by atoms with van der Waals surface area (Å²) in [5.41, 5.74) is 0.351. The van der Waals surface area contributed by atoms with Crippen LogP contribution in [0, 0.1) is 0 Å². The molecule has 0 fully saturated rings. The lowest BCUT2D eigenvalue weighted by Crippen LogP contribution is -2.65. The molecule has 0 spiro atoms. The van der Waals surface area contributed by atoms with E-state index in [0.717, 1.165) is 12.1 Å². The Morgan fingerprint density at radius 1 is 1.00 bits per heavy atom. The molecule has 122 valence electrons. The van der Waals surface area contributed by atoms with Crippen LogP contribution in [0.25, 0.3) is 0 Å². The zero-order chi connectivity index (χ0) is 17.4. The second kappa shape index (κ2) is 5.65. The Balaban J connectivity index is 3.50. The zero-order valence-corrected chi connectivity index (χ0v) is 11.3. The lowest BCUT2D eigenvalue weighted by Gasteiger charge is -2.34. The Kier molecular flexibility index (Phi) is 4.78. The van der Waals surface area contributed by atoms with Crippen molar-refractivity contribution < 1.29 is 44.0 Å². The fourth-order valence-electron chi connectivity index (χ4n) is 1.48. The minimum atomic E-state index is -6.75. The van der Waals surface area contributed by atoms with Gasteiger partial charge in [0.05, 0.1) is 7.85 Å². The molecule has 0 aliphatic carbocycles. The summed E-state index contributed by atoms with van der Waals surface area (Å²) < 4.78 is 111. The molecule has 1 aromatic carbocycles. The first-order chi connectivity index (χ1) is 9.76. The van der Waals surface area contributed by atoms with Crippen LogP contribution < -0.4 is 4.74 Å². The largest absolute Gasteiger partial charge is 0.456 e. The van der Waals surface area contributed by atoms with Crippen LogP contribution >= 0.6 is 0 Å². The van der Waals surface area contributed by atoms with Crippen molar-refractivity contribution in [1.29, 1.82) is 0 Å². The molecule has 0 saturated heterocycles.